The number of anilines is 2. The highest BCUT2D eigenvalue weighted by Gasteiger charge is 2.19. The van der Waals surface area contributed by atoms with Crippen LogP contribution in [0.25, 0.3) is 27.7 Å². The van der Waals surface area contributed by atoms with Gasteiger partial charge in [-0.2, -0.15) is 5.10 Å². The smallest absolute Gasteiger partial charge is 0.324 e. The van der Waals surface area contributed by atoms with Crippen LogP contribution in [-0.2, 0) is 5.60 Å². The van der Waals surface area contributed by atoms with Crippen molar-refractivity contribution >= 4 is 28.3 Å². The molecule has 0 radical (unpaired) electrons. The van der Waals surface area contributed by atoms with Crippen molar-refractivity contribution in [1.29, 1.82) is 0 Å². The molecule has 4 aromatic carbocycles. The van der Waals surface area contributed by atoms with Crippen LogP contribution in [0.5, 0.6) is 0 Å². The van der Waals surface area contributed by atoms with E-state index in [4.69, 9.17) is 5.10 Å². The third kappa shape index (κ3) is 4.78. The van der Waals surface area contributed by atoms with Crippen LogP contribution in [0.2, 0.25) is 0 Å². The van der Waals surface area contributed by atoms with E-state index in [0.29, 0.717) is 5.82 Å². The molecule has 0 saturated carbocycles. The second-order valence-electron chi connectivity index (χ2n) is 8.91. The number of nitrogens with zero attached hydrogens (tertiary/aromatic N) is 2. The molecule has 6 nitrogen and oxygen atoms in total. The summed E-state index contributed by atoms with van der Waals surface area (Å²) in [6.45, 7) is 3.47. The van der Waals surface area contributed by atoms with Crippen LogP contribution in [0.1, 0.15) is 19.4 Å². The van der Waals surface area contributed by atoms with Crippen molar-refractivity contribution in [3.8, 4) is 16.9 Å². The number of aromatic nitrogens is 2. The molecule has 1 heterocycles. The average molecular weight is 463 g/mol. The van der Waals surface area contributed by atoms with Gasteiger partial charge in [0.25, 0.3) is 0 Å². The van der Waals surface area contributed by atoms with Gasteiger partial charge in [-0.1, -0.05) is 78.9 Å². The second kappa shape index (κ2) is 9.08. The lowest BCUT2D eigenvalue weighted by molar-refractivity contribution is 0.0786. The number of hydrogen-bond acceptors (Lipinski definition) is 3. The molecular formula is C29H26N4O2. The summed E-state index contributed by atoms with van der Waals surface area (Å²) in [6, 6.07) is 32.5. The van der Waals surface area contributed by atoms with Crippen LogP contribution in [-0.4, -0.2) is 20.9 Å². The van der Waals surface area contributed by atoms with Crippen LogP contribution in [0.15, 0.2) is 103 Å². The monoisotopic (exact) mass is 462 g/mol. The fourth-order valence-electron chi connectivity index (χ4n) is 4.04. The zero-order valence-electron chi connectivity index (χ0n) is 19.6. The minimum absolute atomic E-state index is 0.374. The summed E-state index contributed by atoms with van der Waals surface area (Å²) in [4.78, 5) is 13.1. The number of rotatable bonds is 5. The number of aliphatic hydroxyl groups is 1. The molecule has 0 bridgehead atoms. The van der Waals surface area contributed by atoms with Crippen molar-refractivity contribution in [3.63, 3.8) is 0 Å². The minimum atomic E-state index is -1.01. The Labute approximate surface area is 203 Å². The van der Waals surface area contributed by atoms with E-state index >= 15 is 0 Å². The van der Waals surface area contributed by atoms with Crippen LogP contribution < -0.4 is 10.6 Å². The fourth-order valence-corrected chi connectivity index (χ4v) is 4.04. The van der Waals surface area contributed by atoms with Crippen molar-refractivity contribution in [1.82, 2.24) is 9.78 Å². The largest absolute Gasteiger partial charge is 0.386 e. The Bertz CT molecular complexity index is 1500. The number of amides is 2. The lowest BCUT2D eigenvalue weighted by Crippen LogP contribution is -2.21. The molecule has 2 amide bonds. The van der Waals surface area contributed by atoms with Crippen LogP contribution in [0.4, 0.5) is 16.3 Å². The van der Waals surface area contributed by atoms with E-state index in [2.05, 4.69) is 10.6 Å². The van der Waals surface area contributed by atoms with E-state index in [1.54, 1.807) is 18.5 Å². The molecule has 0 aliphatic carbocycles. The molecule has 3 N–H and O–H groups in total. The van der Waals surface area contributed by atoms with E-state index in [1.807, 2.05) is 103 Å². The Hall–Kier alpha value is -4.42. The first-order chi connectivity index (χ1) is 16.9. The molecular weight excluding hydrogens is 436 g/mol. The number of carbonyl (C=O) groups excluding carboxylic acids is 1. The summed E-state index contributed by atoms with van der Waals surface area (Å²) >= 11 is 0. The Morgan fingerprint density at radius 3 is 2.34 bits per heavy atom. The van der Waals surface area contributed by atoms with Crippen molar-refractivity contribution in [2.45, 2.75) is 19.4 Å². The van der Waals surface area contributed by atoms with Crippen LogP contribution in [0, 0.1) is 0 Å². The molecule has 0 unspecified atom stereocenters. The highest BCUT2D eigenvalue weighted by Crippen LogP contribution is 2.28. The summed E-state index contributed by atoms with van der Waals surface area (Å²) in [5.74, 6) is 0.509. The first-order valence-electron chi connectivity index (χ1n) is 11.4. The van der Waals surface area contributed by atoms with Gasteiger partial charge in [0, 0.05) is 17.0 Å². The molecule has 174 valence electrons. The molecule has 0 saturated heterocycles. The van der Waals surface area contributed by atoms with Crippen molar-refractivity contribution in [2.75, 3.05) is 10.6 Å². The van der Waals surface area contributed by atoms with Crippen molar-refractivity contribution in [3.05, 3.63) is 109 Å². The Kier molecular flexibility index (Phi) is 5.81. The summed E-state index contributed by atoms with van der Waals surface area (Å²) in [7, 11) is 0. The van der Waals surface area contributed by atoms with E-state index < -0.39 is 5.60 Å². The second-order valence-corrected chi connectivity index (χ2v) is 8.91. The predicted molar refractivity (Wildman–Crippen MR) is 141 cm³/mol. The van der Waals surface area contributed by atoms with Crippen LogP contribution in [0.3, 0.4) is 0 Å². The minimum Gasteiger partial charge on any atom is -0.386 e. The highest BCUT2D eigenvalue weighted by molar-refractivity contribution is 6.06. The van der Waals surface area contributed by atoms with Gasteiger partial charge in [-0.05, 0) is 43.0 Å². The first-order valence-corrected chi connectivity index (χ1v) is 11.4. The van der Waals surface area contributed by atoms with E-state index in [9.17, 15) is 9.90 Å². The predicted octanol–water partition coefficient (Wildman–Crippen LogP) is 6.56. The van der Waals surface area contributed by atoms with E-state index in [1.165, 1.54) is 0 Å². The zero-order valence-corrected chi connectivity index (χ0v) is 19.6. The maximum atomic E-state index is 13.1. The Morgan fingerprint density at radius 2 is 1.54 bits per heavy atom. The number of nitrogens with one attached hydrogen (secondary N) is 2. The number of carbonyl (C=O) groups is 1. The summed E-state index contributed by atoms with van der Waals surface area (Å²) in [5.41, 5.74) is 2.84. The number of fused-ring (bicyclic) bond motifs is 1. The first kappa shape index (κ1) is 22.4. The summed E-state index contributed by atoms with van der Waals surface area (Å²) in [5, 5.41) is 23.2. The standard InChI is InChI=1S/C29H26N4O2/c1-29(2,35)22-14-9-15-23(18-22)33-27(19-26(32-33)21-11-4-3-5-12-21)31-28(34)30-25-17-8-13-20-10-6-7-16-24(20)25/h3-19,35H,1-2H3,(H2,30,31,34). The zero-order chi connectivity index (χ0) is 24.4. The molecule has 0 spiro atoms. The van der Waals surface area contributed by atoms with Gasteiger partial charge in [0.15, 0.2) is 0 Å². The van der Waals surface area contributed by atoms with Gasteiger partial charge < -0.3 is 10.4 Å². The van der Waals surface area contributed by atoms with Gasteiger partial charge in [-0.3, -0.25) is 5.32 Å². The summed E-state index contributed by atoms with van der Waals surface area (Å²) < 4.78 is 1.68. The molecule has 5 aromatic rings. The van der Waals surface area contributed by atoms with Gasteiger partial charge in [-0.25, -0.2) is 9.48 Å². The van der Waals surface area contributed by atoms with Gasteiger partial charge in [0.05, 0.1) is 22.7 Å². The normalized spacial score (nSPS) is 11.4. The molecule has 0 aliphatic rings. The molecule has 6 heteroatoms. The third-order valence-corrected chi connectivity index (χ3v) is 5.86. The Morgan fingerprint density at radius 1 is 0.829 bits per heavy atom. The molecule has 1 aromatic heterocycles. The SMILES string of the molecule is CC(C)(O)c1cccc(-n2nc(-c3ccccc3)cc2NC(=O)Nc2cccc3ccccc23)c1. The summed E-state index contributed by atoms with van der Waals surface area (Å²) in [6.07, 6.45) is 0. The van der Waals surface area contributed by atoms with Crippen molar-refractivity contribution < 1.29 is 9.90 Å². The van der Waals surface area contributed by atoms with E-state index in [-0.39, 0.29) is 6.03 Å². The van der Waals surface area contributed by atoms with Gasteiger partial charge in [0.2, 0.25) is 0 Å². The van der Waals surface area contributed by atoms with Crippen LogP contribution >= 0.6 is 0 Å². The maximum Gasteiger partial charge on any atom is 0.324 e. The third-order valence-electron chi connectivity index (χ3n) is 5.86. The maximum absolute atomic E-state index is 13.1. The topological polar surface area (TPSA) is 79.2 Å². The van der Waals surface area contributed by atoms with E-state index in [0.717, 1.165) is 39.0 Å². The Balaban J connectivity index is 1.51. The molecule has 0 atom stereocenters. The quantitative estimate of drug-likeness (QED) is 0.277. The van der Waals surface area contributed by atoms with Gasteiger partial charge in [-0.15, -0.1) is 0 Å². The lowest BCUT2D eigenvalue weighted by atomic mass is 9.98. The van der Waals surface area contributed by atoms with Gasteiger partial charge >= 0.3 is 6.03 Å². The highest BCUT2D eigenvalue weighted by atomic mass is 16.3. The fraction of sp³-hybridized carbons (Fsp3) is 0.103. The number of hydrogen-bond donors (Lipinski definition) is 3. The van der Waals surface area contributed by atoms with Crippen molar-refractivity contribution in [2.24, 2.45) is 0 Å². The van der Waals surface area contributed by atoms with Gasteiger partial charge in [0.1, 0.15) is 5.82 Å². The molecule has 35 heavy (non-hydrogen) atoms. The number of benzene rings is 4. The lowest BCUT2D eigenvalue weighted by Gasteiger charge is -2.19. The number of urea groups is 1. The molecule has 5 rings (SSSR count). The average Bonchev–Trinajstić information content (AvgIpc) is 3.28. The molecule has 0 fully saturated rings. The molecule has 0 aliphatic heterocycles.